The zero-order valence-electron chi connectivity index (χ0n) is 13.8. The summed E-state index contributed by atoms with van der Waals surface area (Å²) in [5.74, 6) is 0. The van der Waals surface area contributed by atoms with Crippen LogP contribution in [-0.4, -0.2) is 41.3 Å². The average Bonchev–Trinajstić information content (AvgIpc) is 3.06. The van der Waals surface area contributed by atoms with Crippen molar-refractivity contribution in [1.29, 1.82) is 0 Å². The normalized spacial score (nSPS) is 24.4. The van der Waals surface area contributed by atoms with Crippen molar-refractivity contribution in [3.8, 4) is 0 Å². The molecule has 0 radical (unpaired) electrons. The molecule has 24 heavy (non-hydrogen) atoms. The first kappa shape index (κ1) is 16.4. The largest absolute Gasteiger partial charge is 0.374 e. The predicted molar refractivity (Wildman–Crippen MR) is 94.7 cm³/mol. The van der Waals surface area contributed by atoms with Gasteiger partial charge in [-0.05, 0) is 38.5 Å². The quantitative estimate of drug-likeness (QED) is 0.818. The van der Waals surface area contributed by atoms with E-state index in [9.17, 15) is 8.42 Å². The van der Waals surface area contributed by atoms with Crippen molar-refractivity contribution in [1.82, 2.24) is 8.87 Å². The average molecular weight is 369 g/mol. The molecule has 4 rings (SSSR count). The van der Waals surface area contributed by atoms with Crippen molar-refractivity contribution in [2.75, 3.05) is 13.2 Å². The van der Waals surface area contributed by atoms with Crippen LogP contribution in [0, 0.1) is 0 Å². The molecule has 0 spiro atoms. The molecule has 0 aliphatic carbocycles. The molecule has 7 heteroatoms. The van der Waals surface area contributed by atoms with Gasteiger partial charge in [0.25, 0.3) is 0 Å². The molecule has 0 bridgehead atoms. The first-order valence-corrected chi connectivity index (χ1v) is 10.0. The third kappa shape index (κ3) is 2.65. The summed E-state index contributed by atoms with van der Waals surface area (Å²) in [6.45, 7) is 5.72. The fourth-order valence-electron chi connectivity index (χ4n) is 3.76. The van der Waals surface area contributed by atoms with Crippen LogP contribution in [0.25, 0.3) is 10.9 Å². The molecule has 0 amide bonds. The van der Waals surface area contributed by atoms with Gasteiger partial charge in [-0.1, -0.05) is 17.7 Å². The van der Waals surface area contributed by atoms with Gasteiger partial charge >= 0.3 is 0 Å². The van der Waals surface area contributed by atoms with Gasteiger partial charge in [-0.25, -0.2) is 8.42 Å². The highest BCUT2D eigenvalue weighted by atomic mass is 35.5. The van der Waals surface area contributed by atoms with Crippen LogP contribution in [0.2, 0.25) is 5.02 Å². The maximum absolute atomic E-state index is 13.0. The van der Waals surface area contributed by atoms with Crippen molar-refractivity contribution < 1.29 is 13.2 Å². The van der Waals surface area contributed by atoms with Gasteiger partial charge in [0.15, 0.2) is 0 Å². The Morgan fingerprint density at radius 2 is 2.04 bits per heavy atom. The lowest BCUT2D eigenvalue weighted by molar-refractivity contribution is 0.0367. The number of nitrogens with zero attached hydrogens (tertiary/aromatic N) is 2. The predicted octanol–water partition coefficient (Wildman–Crippen LogP) is 3.01. The highest BCUT2D eigenvalue weighted by molar-refractivity contribution is 7.89. The lowest BCUT2D eigenvalue weighted by atomic mass is 10.1. The molecular weight excluding hydrogens is 348 g/mol. The molecule has 2 aromatic rings. The summed E-state index contributed by atoms with van der Waals surface area (Å²) in [5, 5.41) is 1.35. The van der Waals surface area contributed by atoms with E-state index < -0.39 is 15.3 Å². The van der Waals surface area contributed by atoms with Gasteiger partial charge in [-0.2, -0.15) is 4.31 Å². The summed E-state index contributed by atoms with van der Waals surface area (Å²) in [4.78, 5) is 0. The van der Waals surface area contributed by atoms with E-state index >= 15 is 0 Å². The first-order valence-electron chi connectivity index (χ1n) is 8.17. The Bertz CT molecular complexity index is 904. The van der Waals surface area contributed by atoms with Gasteiger partial charge in [0.1, 0.15) is 5.25 Å². The number of rotatable bonds is 2. The minimum Gasteiger partial charge on any atom is -0.374 e. The van der Waals surface area contributed by atoms with Crippen LogP contribution < -0.4 is 0 Å². The maximum atomic E-state index is 13.0. The van der Waals surface area contributed by atoms with Crippen LogP contribution >= 0.6 is 11.6 Å². The molecule has 3 heterocycles. The van der Waals surface area contributed by atoms with Crippen molar-refractivity contribution in [2.24, 2.45) is 0 Å². The molecule has 2 aliphatic heterocycles. The number of ether oxygens (including phenoxy) is 1. The number of fused-ring (bicyclic) bond motifs is 3. The van der Waals surface area contributed by atoms with E-state index in [0.717, 1.165) is 16.6 Å². The van der Waals surface area contributed by atoms with Gasteiger partial charge in [0.05, 0.1) is 18.8 Å². The van der Waals surface area contributed by atoms with Crippen LogP contribution in [0.4, 0.5) is 0 Å². The van der Waals surface area contributed by atoms with Crippen molar-refractivity contribution in [3.63, 3.8) is 0 Å². The van der Waals surface area contributed by atoms with Gasteiger partial charge in [0.2, 0.25) is 10.0 Å². The number of hydrogen-bond donors (Lipinski definition) is 0. The Balaban J connectivity index is 1.63. The Hall–Kier alpha value is -1.08. The summed E-state index contributed by atoms with van der Waals surface area (Å²) in [6.07, 6.45) is 0.546. The Kier molecular flexibility index (Phi) is 3.73. The molecule has 130 valence electrons. The molecule has 1 aromatic carbocycles. The fraction of sp³-hybridized carbons (Fsp3) is 0.529. The molecule has 2 aliphatic rings. The number of sulfonamides is 1. The third-order valence-electron chi connectivity index (χ3n) is 5.02. The zero-order valence-corrected chi connectivity index (χ0v) is 15.4. The van der Waals surface area contributed by atoms with Gasteiger partial charge in [-0.15, -0.1) is 0 Å². The van der Waals surface area contributed by atoms with E-state index in [1.54, 1.807) is 4.31 Å². The molecule has 0 saturated carbocycles. The van der Waals surface area contributed by atoms with E-state index in [4.69, 9.17) is 16.3 Å². The van der Waals surface area contributed by atoms with Crippen LogP contribution in [-0.2, 0) is 27.8 Å². The minimum atomic E-state index is -3.35. The number of halogens is 1. The Labute approximate surface area is 147 Å². The van der Waals surface area contributed by atoms with Crippen molar-refractivity contribution in [3.05, 3.63) is 35.0 Å². The first-order chi connectivity index (χ1) is 11.3. The monoisotopic (exact) mass is 368 g/mol. The Morgan fingerprint density at radius 1 is 1.25 bits per heavy atom. The third-order valence-corrected chi connectivity index (χ3v) is 7.44. The van der Waals surface area contributed by atoms with Crippen LogP contribution in [0.5, 0.6) is 0 Å². The van der Waals surface area contributed by atoms with E-state index in [1.165, 1.54) is 0 Å². The summed E-state index contributed by atoms with van der Waals surface area (Å²) in [7, 11) is -3.35. The lowest BCUT2D eigenvalue weighted by Gasteiger charge is -2.30. The van der Waals surface area contributed by atoms with E-state index in [2.05, 4.69) is 10.6 Å². The molecule has 0 N–H and O–H groups in total. The molecule has 1 atom stereocenters. The molecule has 5 nitrogen and oxygen atoms in total. The molecule has 1 aromatic heterocycles. The summed E-state index contributed by atoms with van der Waals surface area (Å²) < 4.78 is 35.4. The minimum absolute atomic E-state index is 0.282. The highest BCUT2D eigenvalue weighted by Crippen LogP contribution is 2.33. The topological polar surface area (TPSA) is 51.5 Å². The number of benzene rings is 1. The zero-order chi connectivity index (χ0) is 17.1. The second-order valence-corrected chi connectivity index (χ2v) is 9.92. The van der Waals surface area contributed by atoms with Gasteiger partial charge in [-0.3, -0.25) is 0 Å². The lowest BCUT2D eigenvalue weighted by Crippen LogP contribution is -2.43. The SMILES string of the molecule is CC1(C)CC(S(=O)(=O)N2CCn3c(cc4ccc(Cl)cc43)C2)CO1. The molecule has 1 fully saturated rings. The highest BCUT2D eigenvalue weighted by Gasteiger charge is 2.43. The van der Waals surface area contributed by atoms with E-state index in [0.29, 0.717) is 31.1 Å². The fourth-order valence-corrected chi connectivity index (χ4v) is 5.84. The van der Waals surface area contributed by atoms with Crippen molar-refractivity contribution >= 4 is 32.5 Å². The number of hydrogen-bond acceptors (Lipinski definition) is 3. The second kappa shape index (κ2) is 5.46. The van der Waals surface area contributed by atoms with Crippen LogP contribution in [0.3, 0.4) is 0 Å². The summed E-state index contributed by atoms with van der Waals surface area (Å²) >= 11 is 6.10. The second-order valence-electron chi connectivity index (χ2n) is 7.27. The van der Waals surface area contributed by atoms with Crippen LogP contribution in [0.15, 0.2) is 24.3 Å². The smallest absolute Gasteiger partial charge is 0.219 e. The van der Waals surface area contributed by atoms with Gasteiger partial charge < -0.3 is 9.30 Å². The van der Waals surface area contributed by atoms with E-state index in [1.807, 2.05) is 32.0 Å². The van der Waals surface area contributed by atoms with Crippen LogP contribution in [0.1, 0.15) is 26.0 Å². The van der Waals surface area contributed by atoms with Gasteiger partial charge in [0, 0.05) is 34.7 Å². The molecular formula is C17H21ClN2O3S. The van der Waals surface area contributed by atoms with Crippen molar-refractivity contribution in [2.45, 2.75) is 44.2 Å². The van der Waals surface area contributed by atoms with E-state index in [-0.39, 0.29) is 12.2 Å². The standard InChI is InChI=1S/C17H21ClN2O3S/c1-17(2)9-15(11-23-17)24(21,22)19-5-6-20-14(10-19)7-12-3-4-13(18)8-16(12)20/h3-4,7-8,15H,5-6,9-11H2,1-2H3. The summed E-state index contributed by atoms with van der Waals surface area (Å²) in [6, 6.07) is 7.85. The number of aromatic nitrogens is 1. The summed E-state index contributed by atoms with van der Waals surface area (Å²) in [5.41, 5.74) is 1.72. The molecule has 1 unspecified atom stereocenters. The maximum Gasteiger partial charge on any atom is 0.219 e. The Morgan fingerprint density at radius 3 is 2.75 bits per heavy atom. The molecule has 1 saturated heterocycles.